The molecule has 12 heavy (non-hydrogen) atoms. The fourth-order valence-electron chi connectivity index (χ4n) is 0.679. The second-order valence-electron chi connectivity index (χ2n) is 2.32. The third-order valence-corrected chi connectivity index (χ3v) is 1.69. The smallest absolute Gasteiger partial charge is 0.231 e. The highest BCUT2D eigenvalue weighted by Crippen LogP contribution is 2.13. The van der Waals surface area contributed by atoms with E-state index < -0.39 is 10.0 Å². The molecule has 0 amide bonds. The predicted molar refractivity (Wildman–Crippen MR) is 47.1 cm³/mol. The van der Waals surface area contributed by atoms with Crippen LogP contribution in [0, 0.1) is 0 Å². The molecule has 0 saturated carbocycles. The lowest BCUT2D eigenvalue weighted by atomic mass is 10.4. The van der Waals surface area contributed by atoms with Crippen molar-refractivity contribution in [3.63, 3.8) is 0 Å². The van der Waals surface area contributed by atoms with E-state index in [2.05, 4.69) is 9.71 Å². The standard InChI is InChI=1S/C6H9N3O2S/c1-12(10,11)9-6-5(7)3-2-4-8-6/h2-4H,7H2,1H3,(H,8,9). The largest absolute Gasteiger partial charge is 0.396 e. The Morgan fingerprint density at radius 1 is 1.58 bits per heavy atom. The molecule has 0 fully saturated rings. The van der Waals surface area contributed by atoms with Crippen LogP contribution in [-0.2, 0) is 10.0 Å². The highest BCUT2D eigenvalue weighted by molar-refractivity contribution is 7.92. The van der Waals surface area contributed by atoms with Crippen molar-refractivity contribution >= 4 is 21.5 Å². The van der Waals surface area contributed by atoms with Gasteiger partial charge in [0.15, 0.2) is 5.82 Å². The van der Waals surface area contributed by atoms with Gasteiger partial charge in [0.2, 0.25) is 10.0 Å². The quantitative estimate of drug-likeness (QED) is 0.684. The van der Waals surface area contributed by atoms with E-state index >= 15 is 0 Å². The number of nitrogens with one attached hydrogen (secondary N) is 1. The van der Waals surface area contributed by atoms with Crippen LogP contribution in [0.3, 0.4) is 0 Å². The molecule has 5 nitrogen and oxygen atoms in total. The first-order valence-electron chi connectivity index (χ1n) is 3.17. The third kappa shape index (κ3) is 2.39. The first-order chi connectivity index (χ1) is 5.49. The van der Waals surface area contributed by atoms with Crippen LogP contribution in [0.5, 0.6) is 0 Å². The molecule has 0 unspecified atom stereocenters. The summed E-state index contributed by atoms with van der Waals surface area (Å²) in [5, 5.41) is 0. The zero-order chi connectivity index (χ0) is 9.19. The Balaban J connectivity index is 2.98. The number of anilines is 2. The van der Waals surface area contributed by atoms with E-state index in [-0.39, 0.29) is 5.82 Å². The van der Waals surface area contributed by atoms with Gasteiger partial charge in [0, 0.05) is 6.20 Å². The van der Waals surface area contributed by atoms with E-state index in [1.807, 2.05) is 0 Å². The van der Waals surface area contributed by atoms with Gasteiger partial charge in [-0.1, -0.05) is 0 Å². The molecule has 1 rings (SSSR count). The molecule has 3 N–H and O–H groups in total. The SMILES string of the molecule is CS(=O)(=O)Nc1ncccc1N. The molecule has 0 bridgehead atoms. The summed E-state index contributed by atoms with van der Waals surface area (Å²) in [5.74, 6) is 0.167. The molecular formula is C6H9N3O2S. The maximum Gasteiger partial charge on any atom is 0.231 e. The maximum absolute atomic E-state index is 10.7. The third-order valence-electron chi connectivity index (χ3n) is 1.12. The summed E-state index contributed by atoms with van der Waals surface area (Å²) in [6, 6.07) is 3.20. The van der Waals surface area contributed by atoms with Crippen LogP contribution in [-0.4, -0.2) is 19.7 Å². The molecular weight excluding hydrogens is 178 g/mol. The molecule has 0 saturated heterocycles. The maximum atomic E-state index is 10.7. The van der Waals surface area contributed by atoms with E-state index in [9.17, 15) is 8.42 Å². The van der Waals surface area contributed by atoms with Crippen LogP contribution in [0.2, 0.25) is 0 Å². The van der Waals surface area contributed by atoms with Gasteiger partial charge >= 0.3 is 0 Å². The molecule has 0 aliphatic heterocycles. The van der Waals surface area contributed by atoms with Crippen molar-refractivity contribution in [2.75, 3.05) is 16.7 Å². The van der Waals surface area contributed by atoms with E-state index in [0.29, 0.717) is 5.69 Å². The lowest BCUT2D eigenvalue weighted by Crippen LogP contribution is -2.12. The van der Waals surface area contributed by atoms with Gasteiger partial charge in [-0.05, 0) is 12.1 Å². The Kier molecular flexibility index (Phi) is 2.18. The number of hydrogen-bond donors (Lipinski definition) is 2. The van der Waals surface area contributed by atoms with Crippen LogP contribution in [0.4, 0.5) is 11.5 Å². The van der Waals surface area contributed by atoms with Gasteiger partial charge in [-0.15, -0.1) is 0 Å². The van der Waals surface area contributed by atoms with Crippen molar-refractivity contribution in [2.45, 2.75) is 0 Å². The van der Waals surface area contributed by atoms with Gasteiger partial charge in [-0.2, -0.15) is 0 Å². The summed E-state index contributed by atoms with van der Waals surface area (Å²) >= 11 is 0. The highest BCUT2D eigenvalue weighted by Gasteiger charge is 2.04. The molecule has 6 heteroatoms. The lowest BCUT2D eigenvalue weighted by molar-refractivity contribution is 0.606. The zero-order valence-corrected chi connectivity index (χ0v) is 7.30. The average Bonchev–Trinajstić information content (AvgIpc) is 1.91. The van der Waals surface area contributed by atoms with Crippen molar-refractivity contribution in [3.8, 4) is 0 Å². The number of aromatic nitrogens is 1. The van der Waals surface area contributed by atoms with Crippen LogP contribution < -0.4 is 10.5 Å². The molecule has 0 radical (unpaired) electrons. The first-order valence-corrected chi connectivity index (χ1v) is 5.06. The number of sulfonamides is 1. The van der Waals surface area contributed by atoms with Crippen molar-refractivity contribution in [2.24, 2.45) is 0 Å². The Labute approximate surface area is 70.7 Å². The number of rotatable bonds is 2. The van der Waals surface area contributed by atoms with E-state index in [1.165, 1.54) is 6.20 Å². The molecule has 0 atom stereocenters. The molecule has 0 aliphatic carbocycles. The van der Waals surface area contributed by atoms with E-state index in [0.717, 1.165) is 6.26 Å². The Morgan fingerprint density at radius 3 is 2.75 bits per heavy atom. The van der Waals surface area contributed by atoms with Gasteiger partial charge in [-0.25, -0.2) is 13.4 Å². The lowest BCUT2D eigenvalue weighted by Gasteiger charge is -2.04. The van der Waals surface area contributed by atoms with Gasteiger partial charge in [-0.3, -0.25) is 4.72 Å². The topological polar surface area (TPSA) is 85.1 Å². The molecule has 1 aromatic heterocycles. The highest BCUT2D eigenvalue weighted by atomic mass is 32.2. The summed E-state index contributed by atoms with van der Waals surface area (Å²) in [7, 11) is -3.29. The van der Waals surface area contributed by atoms with Crippen LogP contribution >= 0.6 is 0 Å². The summed E-state index contributed by atoms with van der Waals surface area (Å²) in [6.45, 7) is 0. The number of nitrogens with zero attached hydrogens (tertiary/aromatic N) is 1. The van der Waals surface area contributed by atoms with E-state index in [4.69, 9.17) is 5.73 Å². The number of nitrogens with two attached hydrogens (primary N) is 1. The minimum Gasteiger partial charge on any atom is -0.396 e. The van der Waals surface area contributed by atoms with Crippen molar-refractivity contribution < 1.29 is 8.42 Å². The van der Waals surface area contributed by atoms with Crippen LogP contribution in [0.25, 0.3) is 0 Å². The van der Waals surface area contributed by atoms with Crippen LogP contribution in [0.1, 0.15) is 0 Å². The summed E-state index contributed by atoms with van der Waals surface area (Å²) in [5.41, 5.74) is 5.75. The van der Waals surface area contributed by atoms with Gasteiger partial charge in [0.25, 0.3) is 0 Å². The normalized spacial score (nSPS) is 11.1. The average molecular weight is 187 g/mol. The van der Waals surface area contributed by atoms with Gasteiger partial charge in [0.1, 0.15) is 0 Å². The Bertz CT molecular complexity index is 374. The monoisotopic (exact) mass is 187 g/mol. The van der Waals surface area contributed by atoms with Crippen molar-refractivity contribution in [3.05, 3.63) is 18.3 Å². The molecule has 0 aliphatic rings. The molecule has 66 valence electrons. The number of pyridine rings is 1. The Hall–Kier alpha value is -1.30. The van der Waals surface area contributed by atoms with Crippen molar-refractivity contribution in [1.82, 2.24) is 4.98 Å². The first kappa shape index (κ1) is 8.79. The van der Waals surface area contributed by atoms with Gasteiger partial charge < -0.3 is 5.73 Å². The Morgan fingerprint density at radius 2 is 2.25 bits per heavy atom. The fourth-order valence-corrected chi connectivity index (χ4v) is 1.20. The second-order valence-corrected chi connectivity index (χ2v) is 4.06. The summed E-state index contributed by atoms with van der Waals surface area (Å²) in [6.07, 6.45) is 2.50. The van der Waals surface area contributed by atoms with Crippen molar-refractivity contribution in [1.29, 1.82) is 0 Å². The minimum atomic E-state index is -3.29. The predicted octanol–water partition coefficient (Wildman–Crippen LogP) is 0.0353. The molecule has 1 heterocycles. The minimum absolute atomic E-state index is 0.167. The summed E-state index contributed by atoms with van der Waals surface area (Å²) in [4.78, 5) is 3.75. The summed E-state index contributed by atoms with van der Waals surface area (Å²) < 4.78 is 23.7. The van der Waals surface area contributed by atoms with Crippen LogP contribution in [0.15, 0.2) is 18.3 Å². The van der Waals surface area contributed by atoms with Gasteiger partial charge in [0.05, 0.1) is 11.9 Å². The molecule has 0 aromatic carbocycles. The second kappa shape index (κ2) is 2.98. The molecule has 1 aromatic rings. The van der Waals surface area contributed by atoms with E-state index in [1.54, 1.807) is 12.1 Å². The number of hydrogen-bond acceptors (Lipinski definition) is 4. The number of nitrogen functional groups attached to an aromatic ring is 1. The zero-order valence-electron chi connectivity index (χ0n) is 6.48. The molecule has 0 spiro atoms. The fraction of sp³-hybridized carbons (Fsp3) is 0.167.